The van der Waals surface area contributed by atoms with Crippen LogP contribution in [0.1, 0.15) is 31.1 Å². The second-order valence-corrected chi connectivity index (χ2v) is 11.0. The molecule has 0 aliphatic heterocycles. The summed E-state index contributed by atoms with van der Waals surface area (Å²) in [6, 6.07) is 12.5. The minimum absolute atomic E-state index is 0.275. The van der Waals surface area contributed by atoms with Gasteiger partial charge in [-0.2, -0.15) is 0 Å². The maximum absolute atomic E-state index is 12.4. The number of nitrogen functional groups attached to an aromatic ring is 1. The Labute approximate surface area is 196 Å². The molecule has 2 aromatic carbocycles. The standard InChI is InChI=1S/C21H21BrN4O3S2/c1-21(2,3)29-20(28)25-13-5-7-14(8-6-13)30-16-9-4-12(10-15(16)23)18(27)26-19-24-11-17(22)31-19/h4-11H,23H2,1-3H3,(H,25,28)(H,24,26,27). The molecule has 3 rings (SSSR count). The summed E-state index contributed by atoms with van der Waals surface area (Å²) < 4.78 is 6.08. The highest BCUT2D eigenvalue weighted by molar-refractivity contribution is 9.11. The van der Waals surface area contributed by atoms with Crippen molar-refractivity contribution in [3.63, 3.8) is 0 Å². The summed E-state index contributed by atoms with van der Waals surface area (Å²) in [4.78, 5) is 30.1. The molecule has 0 saturated carbocycles. The van der Waals surface area contributed by atoms with E-state index in [1.807, 2.05) is 32.9 Å². The first-order valence-corrected chi connectivity index (χ1v) is 11.6. The van der Waals surface area contributed by atoms with Crippen molar-refractivity contribution >= 4 is 67.5 Å². The van der Waals surface area contributed by atoms with Gasteiger partial charge in [0.2, 0.25) is 0 Å². The van der Waals surface area contributed by atoms with E-state index in [0.717, 1.165) is 13.6 Å². The maximum atomic E-state index is 12.4. The Morgan fingerprint density at radius 2 is 1.84 bits per heavy atom. The predicted octanol–water partition coefficient (Wildman–Crippen LogP) is 6.24. The molecule has 10 heteroatoms. The summed E-state index contributed by atoms with van der Waals surface area (Å²) in [5, 5.41) is 5.95. The Morgan fingerprint density at radius 3 is 2.42 bits per heavy atom. The number of amides is 2. The van der Waals surface area contributed by atoms with Crippen molar-refractivity contribution in [1.82, 2.24) is 4.98 Å². The van der Waals surface area contributed by atoms with E-state index < -0.39 is 11.7 Å². The SMILES string of the molecule is CC(C)(C)OC(=O)Nc1ccc(Sc2ccc(C(=O)Nc3ncc(Br)s3)cc2N)cc1. The minimum atomic E-state index is -0.558. The van der Waals surface area contributed by atoms with Gasteiger partial charge in [-0.25, -0.2) is 9.78 Å². The van der Waals surface area contributed by atoms with Crippen LogP contribution in [0, 0.1) is 0 Å². The number of rotatable bonds is 5. The first-order valence-electron chi connectivity index (χ1n) is 9.19. The van der Waals surface area contributed by atoms with Crippen molar-refractivity contribution in [3.05, 3.63) is 58.0 Å². The van der Waals surface area contributed by atoms with E-state index in [1.165, 1.54) is 23.1 Å². The third-order valence-electron chi connectivity index (χ3n) is 3.70. The number of benzene rings is 2. The van der Waals surface area contributed by atoms with E-state index in [9.17, 15) is 9.59 Å². The molecular formula is C21H21BrN4O3S2. The highest BCUT2D eigenvalue weighted by Crippen LogP contribution is 2.33. The van der Waals surface area contributed by atoms with Crippen molar-refractivity contribution in [2.24, 2.45) is 0 Å². The van der Waals surface area contributed by atoms with E-state index >= 15 is 0 Å². The van der Waals surface area contributed by atoms with E-state index in [0.29, 0.717) is 22.1 Å². The maximum Gasteiger partial charge on any atom is 0.412 e. The summed E-state index contributed by atoms with van der Waals surface area (Å²) >= 11 is 6.11. The van der Waals surface area contributed by atoms with Gasteiger partial charge in [0.1, 0.15) is 5.60 Å². The molecule has 0 radical (unpaired) electrons. The zero-order valence-corrected chi connectivity index (χ0v) is 20.3. The average molecular weight is 521 g/mol. The van der Waals surface area contributed by atoms with Gasteiger partial charge < -0.3 is 10.5 Å². The van der Waals surface area contributed by atoms with Crippen molar-refractivity contribution in [3.8, 4) is 0 Å². The molecule has 31 heavy (non-hydrogen) atoms. The highest BCUT2D eigenvalue weighted by atomic mass is 79.9. The van der Waals surface area contributed by atoms with Gasteiger partial charge in [0.25, 0.3) is 5.91 Å². The van der Waals surface area contributed by atoms with Gasteiger partial charge >= 0.3 is 6.09 Å². The summed E-state index contributed by atoms with van der Waals surface area (Å²) in [5.41, 5.74) is 7.18. The number of carbonyl (C=O) groups is 2. The molecule has 0 aliphatic carbocycles. The molecule has 7 nitrogen and oxygen atoms in total. The van der Waals surface area contributed by atoms with Crippen LogP contribution in [-0.4, -0.2) is 22.6 Å². The summed E-state index contributed by atoms with van der Waals surface area (Å²) in [6.45, 7) is 5.43. The molecule has 1 heterocycles. The van der Waals surface area contributed by atoms with Gasteiger partial charge in [-0.15, -0.1) is 0 Å². The average Bonchev–Trinajstić information content (AvgIpc) is 3.08. The molecule has 2 amide bonds. The number of ether oxygens (including phenoxy) is 1. The monoisotopic (exact) mass is 520 g/mol. The largest absolute Gasteiger partial charge is 0.444 e. The van der Waals surface area contributed by atoms with Crippen LogP contribution in [0.4, 0.5) is 21.3 Å². The van der Waals surface area contributed by atoms with Crippen LogP contribution in [0.25, 0.3) is 0 Å². The number of thiazole rings is 1. The third-order valence-corrected chi connectivity index (χ3v) is 6.19. The normalized spacial score (nSPS) is 11.1. The Morgan fingerprint density at radius 1 is 1.13 bits per heavy atom. The van der Waals surface area contributed by atoms with Gasteiger partial charge in [-0.05, 0) is 79.2 Å². The number of hydrogen-bond donors (Lipinski definition) is 3. The Hall–Kier alpha value is -2.56. The number of carbonyl (C=O) groups excluding carboxylic acids is 2. The van der Waals surface area contributed by atoms with Gasteiger partial charge in [0.15, 0.2) is 5.13 Å². The lowest BCUT2D eigenvalue weighted by molar-refractivity contribution is 0.0635. The van der Waals surface area contributed by atoms with Crippen LogP contribution in [0.3, 0.4) is 0 Å². The Bertz CT molecular complexity index is 1090. The van der Waals surface area contributed by atoms with Gasteiger partial charge in [-0.3, -0.25) is 15.4 Å². The smallest absolute Gasteiger partial charge is 0.412 e. The molecule has 1 aromatic heterocycles. The minimum Gasteiger partial charge on any atom is -0.444 e. The second kappa shape index (κ2) is 9.71. The number of aromatic nitrogens is 1. The van der Waals surface area contributed by atoms with E-state index in [4.69, 9.17) is 10.5 Å². The van der Waals surface area contributed by atoms with Crippen LogP contribution in [-0.2, 0) is 4.74 Å². The molecule has 0 bridgehead atoms. The molecule has 0 atom stereocenters. The van der Waals surface area contributed by atoms with Gasteiger partial charge in [0, 0.05) is 26.7 Å². The van der Waals surface area contributed by atoms with Gasteiger partial charge in [0.05, 0.1) is 9.98 Å². The third kappa shape index (κ3) is 6.98. The number of hydrogen-bond acceptors (Lipinski definition) is 7. The second-order valence-electron chi connectivity index (χ2n) is 7.43. The lowest BCUT2D eigenvalue weighted by atomic mass is 10.2. The first kappa shape index (κ1) is 23.1. The zero-order chi connectivity index (χ0) is 22.6. The summed E-state index contributed by atoms with van der Waals surface area (Å²) in [6.07, 6.45) is 1.12. The lowest BCUT2D eigenvalue weighted by Crippen LogP contribution is -2.27. The van der Waals surface area contributed by atoms with E-state index in [-0.39, 0.29) is 5.91 Å². The molecule has 162 valence electrons. The van der Waals surface area contributed by atoms with Crippen LogP contribution in [0.5, 0.6) is 0 Å². The van der Waals surface area contributed by atoms with Crippen molar-refractivity contribution < 1.29 is 14.3 Å². The molecule has 0 unspecified atom stereocenters. The number of anilines is 3. The van der Waals surface area contributed by atoms with Crippen LogP contribution < -0.4 is 16.4 Å². The molecule has 0 fully saturated rings. The molecule has 0 saturated heterocycles. The predicted molar refractivity (Wildman–Crippen MR) is 129 cm³/mol. The quantitative estimate of drug-likeness (QED) is 0.343. The zero-order valence-electron chi connectivity index (χ0n) is 17.1. The van der Waals surface area contributed by atoms with E-state index in [1.54, 1.807) is 36.5 Å². The topological polar surface area (TPSA) is 106 Å². The molecule has 0 aliphatic rings. The van der Waals surface area contributed by atoms with E-state index in [2.05, 4.69) is 31.5 Å². The van der Waals surface area contributed by atoms with Crippen molar-refractivity contribution in [1.29, 1.82) is 0 Å². The first-order chi connectivity index (χ1) is 14.6. The highest BCUT2D eigenvalue weighted by Gasteiger charge is 2.16. The number of nitrogens with zero attached hydrogens (tertiary/aromatic N) is 1. The molecule has 4 N–H and O–H groups in total. The molecule has 0 spiro atoms. The van der Waals surface area contributed by atoms with Crippen molar-refractivity contribution in [2.45, 2.75) is 36.2 Å². The Balaban J connectivity index is 1.62. The number of halogens is 1. The summed E-state index contributed by atoms with van der Waals surface area (Å²) in [5.74, 6) is -0.275. The fourth-order valence-electron chi connectivity index (χ4n) is 2.42. The molecular weight excluding hydrogens is 500 g/mol. The fraction of sp³-hybridized carbons (Fsp3) is 0.190. The fourth-order valence-corrected chi connectivity index (χ4v) is 4.36. The lowest BCUT2D eigenvalue weighted by Gasteiger charge is -2.19. The molecule has 3 aromatic rings. The number of nitrogens with one attached hydrogen (secondary N) is 2. The Kier molecular flexibility index (Phi) is 7.24. The number of nitrogens with two attached hydrogens (primary N) is 1. The van der Waals surface area contributed by atoms with Gasteiger partial charge in [-0.1, -0.05) is 23.1 Å². The van der Waals surface area contributed by atoms with Crippen LogP contribution in [0.2, 0.25) is 0 Å². The van der Waals surface area contributed by atoms with Crippen molar-refractivity contribution in [2.75, 3.05) is 16.4 Å². The van der Waals surface area contributed by atoms with Crippen LogP contribution >= 0.6 is 39.0 Å². The van der Waals surface area contributed by atoms with Crippen LogP contribution in [0.15, 0.2) is 62.2 Å². The summed E-state index contributed by atoms with van der Waals surface area (Å²) in [7, 11) is 0.